The number of aliphatic hydroxyl groups is 1. The summed E-state index contributed by atoms with van der Waals surface area (Å²) in [6.07, 6.45) is 6.68. The van der Waals surface area contributed by atoms with Crippen molar-refractivity contribution in [3.63, 3.8) is 0 Å². The van der Waals surface area contributed by atoms with Gasteiger partial charge in [0.05, 0.1) is 16.3 Å². The summed E-state index contributed by atoms with van der Waals surface area (Å²) in [5.41, 5.74) is 1.48. The second kappa shape index (κ2) is 8.24. The molecule has 7 heteroatoms. The second-order valence-electron chi connectivity index (χ2n) is 10.8. The third kappa shape index (κ3) is 4.08. The Labute approximate surface area is 204 Å². The second-order valence-corrected chi connectivity index (χ2v) is 12.3. The predicted molar refractivity (Wildman–Crippen MR) is 128 cm³/mol. The molecule has 1 amide bonds. The molecule has 1 aliphatic heterocycles. The van der Waals surface area contributed by atoms with Crippen LogP contribution in [0.3, 0.4) is 0 Å². The minimum Gasteiger partial charge on any atom is -0.487 e. The number of benzene rings is 1. The van der Waals surface area contributed by atoms with E-state index in [2.05, 4.69) is 9.88 Å². The van der Waals surface area contributed by atoms with Crippen molar-refractivity contribution >= 4 is 28.8 Å². The summed E-state index contributed by atoms with van der Waals surface area (Å²) in [6.45, 7) is 3.25. The molecule has 0 radical (unpaired) electrons. The highest BCUT2D eigenvalue weighted by molar-refractivity contribution is 7.09. The summed E-state index contributed by atoms with van der Waals surface area (Å²) in [5.74, 6) is 2.62. The summed E-state index contributed by atoms with van der Waals surface area (Å²) >= 11 is 8.21. The van der Waals surface area contributed by atoms with E-state index in [0.717, 1.165) is 54.2 Å². The van der Waals surface area contributed by atoms with Gasteiger partial charge in [-0.1, -0.05) is 17.7 Å². The molecule has 7 rings (SSSR count). The number of likely N-dealkylation sites (tertiary alicyclic amines) is 1. The van der Waals surface area contributed by atoms with Crippen molar-refractivity contribution in [1.29, 1.82) is 0 Å². The number of hydrogen-bond acceptors (Lipinski definition) is 5. The number of halogens is 1. The van der Waals surface area contributed by atoms with E-state index in [4.69, 9.17) is 16.3 Å². The van der Waals surface area contributed by atoms with Crippen LogP contribution < -0.4 is 4.74 Å². The fourth-order valence-corrected chi connectivity index (χ4v) is 8.24. The van der Waals surface area contributed by atoms with Crippen molar-refractivity contribution in [3.05, 3.63) is 44.9 Å². The number of aromatic nitrogens is 1. The Bertz CT molecular complexity index is 1060. The van der Waals surface area contributed by atoms with Crippen LogP contribution in [0.5, 0.6) is 5.75 Å². The van der Waals surface area contributed by atoms with E-state index in [1.165, 1.54) is 12.8 Å². The SMILES string of the molecule is Cc1nc(COc2ccc(CC3CCN(C4C5CC6CC4CC(O)(C6)C5)C3=O)c(Cl)c2)cs1. The number of amides is 1. The number of carbonyl (C=O) groups excluding carboxylic acids is 1. The molecule has 3 atom stereocenters. The lowest BCUT2D eigenvalue weighted by Crippen LogP contribution is -2.62. The average Bonchev–Trinajstić information content (AvgIpc) is 3.33. The molecule has 4 bridgehead atoms. The van der Waals surface area contributed by atoms with Gasteiger partial charge >= 0.3 is 0 Å². The third-order valence-corrected chi connectivity index (χ3v) is 9.62. The van der Waals surface area contributed by atoms with Gasteiger partial charge in [-0.3, -0.25) is 4.79 Å². The largest absolute Gasteiger partial charge is 0.487 e. The van der Waals surface area contributed by atoms with Crippen LogP contribution in [-0.4, -0.2) is 39.1 Å². The highest BCUT2D eigenvalue weighted by Gasteiger charge is 2.57. The molecule has 3 unspecified atom stereocenters. The molecule has 5 fully saturated rings. The smallest absolute Gasteiger partial charge is 0.226 e. The fraction of sp³-hybridized carbons (Fsp3) is 0.615. The first-order valence-corrected chi connectivity index (χ1v) is 13.5. The van der Waals surface area contributed by atoms with Gasteiger partial charge in [-0.15, -0.1) is 11.3 Å². The predicted octanol–water partition coefficient (Wildman–Crippen LogP) is 5.01. The van der Waals surface area contributed by atoms with E-state index in [9.17, 15) is 9.90 Å². The molecule has 5 aliphatic rings. The zero-order valence-corrected chi connectivity index (χ0v) is 20.6. The number of thiazole rings is 1. The van der Waals surface area contributed by atoms with Crippen LogP contribution in [-0.2, 0) is 17.8 Å². The maximum atomic E-state index is 13.4. The first-order valence-electron chi connectivity index (χ1n) is 12.2. The lowest BCUT2D eigenvalue weighted by molar-refractivity contribution is -0.168. The number of rotatable bonds is 6. The van der Waals surface area contributed by atoms with Gasteiger partial charge in [0.15, 0.2) is 0 Å². The molecular weight excluding hydrogens is 456 g/mol. The molecule has 1 aromatic heterocycles. The minimum absolute atomic E-state index is 0.00692. The highest BCUT2D eigenvalue weighted by Crippen LogP contribution is 2.57. The molecule has 33 heavy (non-hydrogen) atoms. The van der Waals surface area contributed by atoms with E-state index in [-0.39, 0.29) is 11.8 Å². The summed E-state index contributed by atoms with van der Waals surface area (Å²) in [5, 5.41) is 14.6. The molecule has 2 heterocycles. The van der Waals surface area contributed by atoms with E-state index in [0.29, 0.717) is 41.8 Å². The Balaban J connectivity index is 1.10. The summed E-state index contributed by atoms with van der Waals surface area (Å²) in [7, 11) is 0. The van der Waals surface area contributed by atoms with Gasteiger partial charge in [0.1, 0.15) is 12.4 Å². The van der Waals surface area contributed by atoms with Crippen LogP contribution in [0.1, 0.15) is 54.8 Å². The first-order chi connectivity index (χ1) is 15.9. The lowest BCUT2D eigenvalue weighted by atomic mass is 9.52. The van der Waals surface area contributed by atoms with Crippen LogP contribution in [0.4, 0.5) is 0 Å². The molecule has 176 valence electrons. The number of aryl methyl sites for hydroxylation is 1. The van der Waals surface area contributed by atoms with Gasteiger partial charge in [0, 0.05) is 28.9 Å². The molecule has 0 spiro atoms. The van der Waals surface area contributed by atoms with Crippen LogP contribution in [0.15, 0.2) is 23.6 Å². The number of ether oxygens (including phenoxy) is 1. The van der Waals surface area contributed by atoms with E-state index in [1.807, 2.05) is 30.5 Å². The Hall–Kier alpha value is -1.63. The fourth-order valence-electron chi connectivity index (χ4n) is 7.39. The zero-order chi connectivity index (χ0) is 22.7. The normalized spacial score (nSPS) is 34.9. The van der Waals surface area contributed by atoms with Crippen molar-refractivity contribution in [3.8, 4) is 5.75 Å². The Morgan fingerprint density at radius 3 is 2.73 bits per heavy atom. The molecular formula is C26H31ClN2O3S. The molecule has 2 aromatic rings. The topological polar surface area (TPSA) is 62.7 Å². The van der Waals surface area contributed by atoms with E-state index < -0.39 is 5.60 Å². The van der Waals surface area contributed by atoms with Crippen molar-refractivity contribution < 1.29 is 14.6 Å². The van der Waals surface area contributed by atoms with Gasteiger partial charge in [-0.25, -0.2) is 4.98 Å². The van der Waals surface area contributed by atoms with Crippen molar-refractivity contribution in [2.75, 3.05) is 6.54 Å². The first kappa shape index (κ1) is 21.9. The molecule has 1 aromatic carbocycles. The van der Waals surface area contributed by atoms with E-state index in [1.54, 1.807) is 11.3 Å². The Morgan fingerprint density at radius 2 is 2.06 bits per heavy atom. The van der Waals surface area contributed by atoms with Crippen LogP contribution in [0, 0.1) is 30.6 Å². The number of hydrogen-bond donors (Lipinski definition) is 1. The highest BCUT2D eigenvalue weighted by atomic mass is 35.5. The van der Waals surface area contributed by atoms with Crippen LogP contribution in [0.25, 0.3) is 0 Å². The van der Waals surface area contributed by atoms with Crippen molar-refractivity contribution in [1.82, 2.24) is 9.88 Å². The summed E-state index contributed by atoms with van der Waals surface area (Å²) in [6, 6.07) is 6.13. The van der Waals surface area contributed by atoms with Gasteiger partial charge in [-0.05, 0) is 87.3 Å². The van der Waals surface area contributed by atoms with Crippen molar-refractivity contribution in [2.24, 2.45) is 23.7 Å². The van der Waals surface area contributed by atoms with Crippen LogP contribution in [0.2, 0.25) is 5.02 Å². The maximum absolute atomic E-state index is 13.4. The minimum atomic E-state index is -0.454. The maximum Gasteiger partial charge on any atom is 0.226 e. The number of carbonyl (C=O) groups is 1. The van der Waals surface area contributed by atoms with Crippen LogP contribution >= 0.6 is 22.9 Å². The average molecular weight is 487 g/mol. The van der Waals surface area contributed by atoms with Gasteiger partial charge in [-0.2, -0.15) is 0 Å². The molecule has 4 aliphatic carbocycles. The third-order valence-electron chi connectivity index (χ3n) is 8.45. The van der Waals surface area contributed by atoms with E-state index >= 15 is 0 Å². The van der Waals surface area contributed by atoms with Gasteiger partial charge in [0.25, 0.3) is 0 Å². The van der Waals surface area contributed by atoms with Gasteiger partial charge < -0.3 is 14.7 Å². The Kier molecular flexibility index (Phi) is 5.46. The zero-order valence-electron chi connectivity index (χ0n) is 19.0. The Morgan fingerprint density at radius 1 is 1.27 bits per heavy atom. The van der Waals surface area contributed by atoms with Crippen molar-refractivity contribution in [2.45, 2.75) is 70.1 Å². The summed E-state index contributed by atoms with van der Waals surface area (Å²) < 4.78 is 5.86. The number of nitrogens with zero attached hydrogens (tertiary/aromatic N) is 2. The quantitative estimate of drug-likeness (QED) is 0.623. The monoisotopic (exact) mass is 486 g/mol. The van der Waals surface area contributed by atoms with Gasteiger partial charge in [0.2, 0.25) is 5.91 Å². The molecule has 4 saturated carbocycles. The standard InChI is InChI=1S/C26H31ClN2O3S/c1-15-28-21(14-33-15)13-32-22-3-2-17(23(27)9-22)8-18-4-5-29(25(18)30)24-19-6-16-7-20(24)12-26(31,10-16)11-19/h2-3,9,14,16,18-20,24,31H,4-8,10-13H2,1H3. The lowest BCUT2D eigenvalue weighted by Gasteiger charge is -2.59. The summed E-state index contributed by atoms with van der Waals surface area (Å²) in [4.78, 5) is 20.0. The molecule has 1 N–H and O–H groups in total. The molecule has 1 saturated heterocycles. The molecule has 5 nitrogen and oxygen atoms in total.